The number of nitrogens with zero attached hydrogens (tertiary/aromatic N) is 12. The molecule has 4 aromatic heterocycles. The van der Waals surface area contributed by atoms with Gasteiger partial charge in [0.05, 0.1) is 49.8 Å². The highest BCUT2D eigenvalue weighted by atomic mass is 28.4. The molecule has 5 aliphatic rings. The molecule has 14 rings (SSSR count). The molecule has 9 aromatic rings. The first-order valence-electron chi connectivity index (χ1n) is 45.7. The molecule has 0 radical (unpaired) electrons. The molecule has 7 N–H and O–H groups in total. The number of benzene rings is 5. The molecule has 141 heavy (non-hydrogen) atoms. The van der Waals surface area contributed by atoms with Crippen LogP contribution in [0, 0.1) is 21.7 Å². The zero-order valence-corrected chi connectivity index (χ0v) is 83.5. The van der Waals surface area contributed by atoms with Gasteiger partial charge in [-0.2, -0.15) is 19.9 Å². The number of halogens is 1. The quantitative estimate of drug-likeness (QED) is 0.0189. The molecule has 5 aliphatic heterocycles. The SMILES string of the molecule is C1CCOC1.CC(C)(C)C(=O)Nc1ncn([C@H]2C[C@H](O)[C@@H](CO)O2)c(=O)n1.CC(C)(C)C(=O)Nc1ncn([C@H]2C[C@H](OC(=O)c3ccccc3)[C@@H](CO)O2)c(=O)n1.CC(C)(C)C(=O)Nc1ncn([C@H]2C[C@H](OC(=O)c3ccccc3)[C@@H](CO[Si](c3ccccc3)(c3ccccc3)C(C)(C)C)O2)c(=O)n1.CC(C)(C)OC(=O)[C@H]1O[C@@H](n2cnc(NC(=O)C(C)(C)C)nc2=O)C[C@@H]1OC(=O)c1ccccc1.CF. The van der Waals surface area contributed by atoms with Crippen molar-refractivity contribution in [3.8, 4) is 0 Å². The summed E-state index contributed by atoms with van der Waals surface area (Å²) in [4.78, 5) is 181. The van der Waals surface area contributed by atoms with Gasteiger partial charge in [-0.3, -0.25) is 63.1 Å². The van der Waals surface area contributed by atoms with E-state index in [1.807, 2.05) is 42.5 Å². The lowest BCUT2D eigenvalue weighted by molar-refractivity contribution is -0.173. The summed E-state index contributed by atoms with van der Waals surface area (Å²) in [5, 5.41) is 40.2. The van der Waals surface area contributed by atoms with Crippen LogP contribution >= 0.6 is 0 Å². The van der Waals surface area contributed by atoms with Gasteiger partial charge in [-0.25, -0.2) is 58.3 Å². The van der Waals surface area contributed by atoms with Gasteiger partial charge in [0, 0.05) is 60.6 Å². The minimum absolute atomic E-state index is 0.0144. The molecule has 9 heterocycles. The molecule has 0 unspecified atom stereocenters. The summed E-state index contributed by atoms with van der Waals surface area (Å²) in [6.07, 6.45) is -2.42. The standard InChI is InChI=1S/C36H42N4O6Si.C24H30N4O7.C20H24N4O6.C13H20N4O5.C4H8O.CH3F/c1-35(2,3)32(42)38-33-37-24-40(34(43)39-33)30-22-28(46-31(41)25-16-10-7-11-17-25)29(45-30)23-44-47(36(4,5)6,26-18-12-8-13-19-26)27-20-14-9-15-21-27;1-23(2,3)20(31)26-21-25-13-28(22(32)27-21)16-12-15(17(34-16)19(30)35-24(4,5)6)33-18(29)14-10-8-7-9-11-14;1-20(2,3)17(27)22-18-21-11-24(19(28)23-18)15-9-13(14(10-25)29-15)30-16(26)12-7-5-4-6-8-12;1-13(2,3)10(20)15-11-14-6-17(12(21)16-11)9-4-7(19)8(5-18)22-9;1-2-4-5-3-1;1-2/h7-21,24,28-30H,22-23H2,1-6H3,(H,38,39,42,43);7-11,13,15-17H,12H2,1-6H3,(H,26,27,31,32);4-8,11,13-15,25H,9-10H2,1-3H3,(H,22,23,27,28);6-9,18-19H,4-5H2,1-3H3,(H,15,16,20,21);1-4H2;1H3/t28-,29+,30+;15-,16+,17-;13-,14+,15+;7-,8+,9+;;/m0000../s1. The lowest BCUT2D eigenvalue weighted by Gasteiger charge is -2.43. The number of aromatic nitrogens is 12. The van der Waals surface area contributed by atoms with Crippen LogP contribution in [0.5, 0.6) is 0 Å². The third-order valence-electron chi connectivity index (χ3n) is 21.9. The smallest absolute Gasteiger partial charge is 0.354 e. The van der Waals surface area contributed by atoms with E-state index in [4.69, 9.17) is 52.2 Å². The van der Waals surface area contributed by atoms with Crippen molar-refractivity contribution in [1.82, 2.24) is 58.1 Å². The van der Waals surface area contributed by atoms with Crippen LogP contribution in [0.3, 0.4) is 0 Å². The van der Waals surface area contributed by atoms with E-state index in [2.05, 4.69) is 106 Å². The monoisotopic (exact) mass is 1970 g/mol. The van der Waals surface area contributed by atoms with E-state index in [-0.39, 0.29) is 91.4 Å². The Bertz CT molecular complexity index is 5900. The largest absolute Gasteiger partial charge is 0.458 e. The highest BCUT2D eigenvalue weighted by molar-refractivity contribution is 6.99. The Morgan fingerprint density at radius 3 is 0.965 bits per heavy atom. The van der Waals surface area contributed by atoms with Gasteiger partial charge < -0.3 is 62.4 Å². The van der Waals surface area contributed by atoms with Gasteiger partial charge in [0.1, 0.15) is 92.4 Å². The molecule has 41 nitrogen and oxygen atoms in total. The number of amides is 4. The molecule has 0 saturated carbocycles. The Morgan fingerprint density at radius 2 is 0.681 bits per heavy atom. The number of alkyl halides is 1. The maximum absolute atomic E-state index is 13.2. The number of carbonyl (C=O) groups excluding carboxylic acids is 8. The van der Waals surface area contributed by atoms with E-state index in [1.54, 1.807) is 189 Å². The number of aliphatic hydroxyl groups excluding tert-OH is 3. The summed E-state index contributed by atoms with van der Waals surface area (Å²) in [5.41, 5.74) is -5.19. The van der Waals surface area contributed by atoms with Crippen molar-refractivity contribution in [3.63, 3.8) is 0 Å². The average molecular weight is 1980 g/mol. The molecular formula is C98H127FN16O25Si. The van der Waals surface area contributed by atoms with Crippen molar-refractivity contribution in [3.05, 3.63) is 236 Å². The van der Waals surface area contributed by atoms with Crippen LogP contribution in [-0.4, -0.2) is 224 Å². The predicted octanol–water partition coefficient (Wildman–Crippen LogP) is 8.96. The molecule has 0 bridgehead atoms. The van der Waals surface area contributed by atoms with Crippen molar-refractivity contribution < 1.29 is 105 Å². The number of aliphatic hydroxyl groups is 3. The number of rotatable bonds is 22. The maximum Gasteiger partial charge on any atom is 0.354 e. The number of hydrogen-bond donors (Lipinski definition) is 7. The molecule has 5 saturated heterocycles. The van der Waals surface area contributed by atoms with Crippen molar-refractivity contribution >= 4 is 90.0 Å². The van der Waals surface area contributed by atoms with Crippen LogP contribution in [0.25, 0.3) is 0 Å². The van der Waals surface area contributed by atoms with Crippen LogP contribution in [-0.2, 0) is 71.0 Å². The fourth-order valence-corrected chi connectivity index (χ4v) is 18.8. The Kier molecular flexibility index (Phi) is 39.0. The van der Waals surface area contributed by atoms with Gasteiger partial charge in [0.2, 0.25) is 47.4 Å². The highest BCUT2D eigenvalue weighted by Crippen LogP contribution is 2.40. The lowest BCUT2D eigenvalue weighted by Crippen LogP contribution is -2.67. The van der Waals surface area contributed by atoms with Gasteiger partial charge in [-0.15, -0.1) is 0 Å². The zero-order chi connectivity index (χ0) is 104. The summed E-state index contributed by atoms with van der Waals surface area (Å²) in [5.74, 6) is -4.18. The number of ether oxygens (including phenoxy) is 9. The number of esters is 4. The first-order valence-corrected chi connectivity index (χ1v) is 47.7. The summed E-state index contributed by atoms with van der Waals surface area (Å²) in [7, 11) is -2.46. The second-order valence-corrected chi connectivity index (χ2v) is 43.6. The van der Waals surface area contributed by atoms with Gasteiger partial charge in [0.15, 0.2) is 6.10 Å². The van der Waals surface area contributed by atoms with E-state index < -0.39 is 163 Å². The minimum Gasteiger partial charge on any atom is -0.458 e. The third-order valence-corrected chi connectivity index (χ3v) is 26.9. The number of nitrogens with one attached hydrogen (secondary N) is 4. The maximum atomic E-state index is 13.2. The van der Waals surface area contributed by atoms with Crippen molar-refractivity contribution in [1.29, 1.82) is 0 Å². The Morgan fingerprint density at radius 1 is 0.397 bits per heavy atom. The fraction of sp³-hybridized carbons (Fsp3) is 0.490. The second kappa shape index (κ2) is 49.3. The summed E-state index contributed by atoms with van der Waals surface area (Å²) >= 11 is 0. The molecule has 5 aromatic carbocycles. The second-order valence-electron chi connectivity index (χ2n) is 39.3. The molecule has 0 aliphatic carbocycles. The Labute approximate surface area is 815 Å². The summed E-state index contributed by atoms with van der Waals surface area (Å²) in [6.45, 7) is 33.8. The van der Waals surface area contributed by atoms with Gasteiger partial charge in [0.25, 0.3) is 8.32 Å². The van der Waals surface area contributed by atoms with Crippen LogP contribution in [0.15, 0.2) is 196 Å². The van der Waals surface area contributed by atoms with E-state index in [9.17, 15) is 72.1 Å². The molecule has 4 amide bonds. The topological polar surface area (TPSA) is 529 Å². The van der Waals surface area contributed by atoms with E-state index in [1.165, 1.54) is 36.4 Å². The zero-order valence-electron chi connectivity index (χ0n) is 82.5. The summed E-state index contributed by atoms with van der Waals surface area (Å²) in [6, 6.07) is 45.9. The highest BCUT2D eigenvalue weighted by Gasteiger charge is 2.53. The number of carbonyl (C=O) groups is 8. The normalized spacial score (nSPS) is 20.5. The van der Waals surface area contributed by atoms with E-state index in [0.29, 0.717) is 23.9 Å². The first kappa shape index (κ1) is 112. The number of hydrogen-bond acceptors (Lipinski definition) is 33. The van der Waals surface area contributed by atoms with Gasteiger partial charge in [-0.05, 0) is 85.4 Å². The first-order chi connectivity index (χ1) is 66.4. The molecule has 760 valence electrons. The lowest BCUT2D eigenvalue weighted by atomic mass is 9.96. The van der Waals surface area contributed by atoms with Gasteiger partial charge >= 0.3 is 46.6 Å². The van der Waals surface area contributed by atoms with Gasteiger partial charge in [-0.1, -0.05) is 219 Å². The van der Waals surface area contributed by atoms with Crippen molar-refractivity contribution in [2.24, 2.45) is 21.7 Å². The number of anilines is 4. The van der Waals surface area contributed by atoms with Crippen LogP contribution < -0.4 is 54.4 Å². The van der Waals surface area contributed by atoms with E-state index >= 15 is 0 Å². The molecule has 43 heteroatoms. The third kappa shape index (κ3) is 31.2. The molecule has 12 atom stereocenters. The average Bonchev–Trinajstić information content (AvgIpc) is 1.53. The molecule has 5 fully saturated rings. The fourth-order valence-electron chi connectivity index (χ4n) is 14.2. The Hall–Kier alpha value is -13.1. The van der Waals surface area contributed by atoms with Crippen LogP contribution in [0.2, 0.25) is 5.04 Å². The Balaban J connectivity index is 0.000000211. The van der Waals surface area contributed by atoms with Crippen molar-refractivity contribution in [2.75, 3.05) is 61.5 Å². The van der Waals surface area contributed by atoms with E-state index in [0.717, 1.165) is 43.6 Å². The molecule has 0 spiro atoms. The summed E-state index contributed by atoms with van der Waals surface area (Å²) < 4.78 is 71.9. The van der Waals surface area contributed by atoms with Crippen LogP contribution in [0.4, 0.5) is 28.2 Å². The molecular weight excluding hydrogens is 1850 g/mol. The minimum atomic E-state index is -2.96. The predicted molar refractivity (Wildman–Crippen MR) is 515 cm³/mol. The van der Waals surface area contributed by atoms with Crippen molar-refractivity contribution in [2.45, 2.75) is 248 Å². The van der Waals surface area contributed by atoms with Crippen LogP contribution in [0.1, 0.15) is 219 Å².